The summed E-state index contributed by atoms with van der Waals surface area (Å²) in [6, 6.07) is 6.05. The van der Waals surface area contributed by atoms with Crippen LogP contribution in [0, 0.1) is 12.8 Å². The molecule has 0 spiro atoms. The number of esters is 1. The van der Waals surface area contributed by atoms with E-state index in [4.69, 9.17) is 27.9 Å². The maximum atomic E-state index is 13.4. The number of halogens is 5. The van der Waals surface area contributed by atoms with Crippen LogP contribution in [0.15, 0.2) is 30.8 Å². The minimum atomic E-state index is -4.46. The number of methoxy groups -OCH3 is 1. The Kier molecular flexibility index (Phi) is 7.30. The highest BCUT2D eigenvalue weighted by molar-refractivity contribution is 6.37. The Morgan fingerprint density at radius 2 is 1.86 bits per heavy atom. The average molecular weight is 540 g/mol. The van der Waals surface area contributed by atoms with Crippen LogP contribution in [0.2, 0.25) is 10.0 Å². The summed E-state index contributed by atoms with van der Waals surface area (Å²) >= 11 is 13.3. The zero-order valence-electron chi connectivity index (χ0n) is 20.2. The lowest BCUT2D eigenvalue weighted by molar-refractivity contribution is -0.146. The number of carbonyl (C=O) groups excluding carboxylic acids is 1. The number of hydrogen-bond acceptors (Lipinski definition) is 4. The molecule has 3 aromatic rings. The van der Waals surface area contributed by atoms with E-state index in [9.17, 15) is 18.0 Å². The summed E-state index contributed by atoms with van der Waals surface area (Å²) in [7, 11) is 3.15. The third kappa shape index (κ3) is 4.81. The van der Waals surface area contributed by atoms with Crippen molar-refractivity contribution in [1.29, 1.82) is 0 Å². The van der Waals surface area contributed by atoms with E-state index in [1.54, 1.807) is 23.7 Å². The quantitative estimate of drug-likeness (QED) is 0.340. The molecule has 1 aliphatic heterocycles. The minimum absolute atomic E-state index is 0.0801. The summed E-state index contributed by atoms with van der Waals surface area (Å²) in [6.07, 6.45) is -2.91. The lowest BCUT2D eigenvalue weighted by Crippen LogP contribution is -2.35. The smallest absolute Gasteiger partial charge is 0.416 e. The van der Waals surface area contributed by atoms with Gasteiger partial charge in [-0.1, -0.05) is 29.8 Å². The summed E-state index contributed by atoms with van der Waals surface area (Å²) in [5.74, 6) is 0.208. The fourth-order valence-corrected chi connectivity index (χ4v) is 5.38. The van der Waals surface area contributed by atoms with E-state index in [-0.39, 0.29) is 23.9 Å². The number of carbonyl (C=O) groups is 1. The van der Waals surface area contributed by atoms with Crippen molar-refractivity contribution in [3.63, 3.8) is 0 Å². The molecule has 10 heteroatoms. The fraction of sp³-hybridized carbons (Fsp3) is 0.385. The maximum Gasteiger partial charge on any atom is 0.416 e. The van der Waals surface area contributed by atoms with Crippen LogP contribution in [0.3, 0.4) is 0 Å². The highest BCUT2D eigenvalue weighted by Crippen LogP contribution is 2.38. The Balaban J connectivity index is 1.63. The van der Waals surface area contributed by atoms with Crippen molar-refractivity contribution in [3.05, 3.63) is 69.0 Å². The standard InChI is InChI=1S/C26H26Cl2F3N3O2/c1-14-19(26(29,30)31)6-8-21-24(14)32-22(33(21)3)13-18-20(27)7-5-17(23(18)28)15(2)34-11-9-16(10-12-34)25(35)36-4/h5-8,16H,2,9-13H2,1,3-4H3. The molecule has 0 saturated carbocycles. The highest BCUT2D eigenvalue weighted by atomic mass is 35.5. The van der Waals surface area contributed by atoms with Crippen LogP contribution in [0.1, 0.15) is 40.9 Å². The predicted octanol–water partition coefficient (Wildman–Crippen LogP) is 6.65. The fourth-order valence-electron chi connectivity index (χ4n) is 4.77. The van der Waals surface area contributed by atoms with Crippen LogP contribution in [0.25, 0.3) is 16.7 Å². The van der Waals surface area contributed by atoms with Crippen LogP contribution in [-0.4, -0.2) is 40.6 Å². The lowest BCUT2D eigenvalue weighted by Gasteiger charge is -2.34. The molecule has 1 aliphatic rings. The van der Waals surface area contributed by atoms with Crippen molar-refractivity contribution < 1.29 is 22.7 Å². The number of nitrogens with zero attached hydrogens (tertiary/aromatic N) is 3. The van der Waals surface area contributed by atoms with Crippen LogP contribution >= 0.6 is 23.2 Å². The van der Waals surface area contributed by atoms with Crippen molar-refractivity contribution in [1.82, 2.24) is 14.5 Å². The largest absolute Gasteiger partial charge is 0.469 e. The van der Waals surface area contributed by atoms with Crippen molar-refractivity contribution in [2.45, 2.75) is 32.4 Å². The van der Waals surface area contributed by atoms with Gasteiger partial charge in [-0.05, 0) is 55.2 Å². The monoisotopic (exact) mass is 539 g/mol. The second-order valence-electron chi connectivity index (χ2n) is 8.99. The van der Waals surface area contributed by atoms with Gasteiger partial charge in [-0.3, -0.25) is 4.79 Å². The molecule has 2 heterocycles. The van der Waals surface area contributed by atoms with Gasteiger partial charge >= 0.3 is 12.1 Å². The Labute approximate surface area is 217 Å². The number of benzene rings is 2. The van der Waals surface area contributed by atoms with Gasteiger partial charge in [-0.25, -0.2) is 4.98 Å². The van der Waals surface area contributed by atoms with E-state index in [0.29, 0.717) is 64.0 Å². The summed E-state index contributed by atoms with van der Waals surface area (Å²) in [4.78, 5) is 18.5. The first-order valence-corrected chi connectivity index (χ1v) is 12.2. The first-order valence-electron chi connectivity index (χ1n) is 11.4. The molecule has 36 heavy (non-hydrogen) atoms. The van der Waals surface area contributed by atoms with Crippen molar-refractivity contribution in [3.8, 4) is 0 Å². The molecule has 4 rings (SSSR count). The summed E-state index contributed by atoms with van der Waals surface area (Å²) < 4.78 is 46.8. The van der Waals surface area contributed by atoms with E-state index < -0.39 is 11.7 Å². The molecule has 0 atom stereocenters. The molecule has 5 nitrogen and oxygen atoms in total. The molecule has 2 aromatic carbocycles. The van der Waals surface area contributed by atoms with E-state index in [2.05, 4.69) is 16.5 Å². The lowest BCUT2D eigenvalue weighted by atomic mass is 9.95. The van der Waals surface area contributed by atoms with Crippen LogP contribution < -0.4 is 0 Å². The molecule has 0 radical (unpaired) electrons. The van der Waals surface area contributed by atoms with Crippen LogP contribution in [0.4, 0.5) is 13.2 Å². The molecular formula is C26H26Cl2F3N3O2. The molecule has 1 saturated heterocycles. The number of aromatic nitrogens is 2. The molecule has 1 aromatic heterocycles. The second kappa shape index (κ2) is 9.98. The minimum Gasteiger partial charge on any atom is -0.469 e. The van der Waals surface area contributed by atoms with Crippen LogP contribution in [0.5, 0.6) is 0 Å². The van der Waals surface area contributed by atoms with Crippen molar-refractivity contribution >= 4 is 45.9 Å². The predicted molar refractivity (Wildman–Crippen MR) is 135 cm³/mol. The van der Waals surface area contributed by atoms with Gasteiger partial charge in [0.15, 0.2) is 0 Å². The van der Waals surface area contributed by atoms with Gasteiger partial charge in [0.2, 0.25) is 0 Å². The third-order valence-corrected chi connectivity index (χ3v) is 7.73. The Hall–Kier alpha value is -2.71. The number of likely N-dealkylation sites (tertiary alicyclic amines) is 1. The van der Waals surface area contributed by atoms with E-state index in [1.165, 1.54) is 20.1 Å². The zero-order chi connectivity index (χ0) is 26.4. The number of imidazole rings is 1. The maximum absolute atomic E-state index is 13.4. The van der Waals surface area contributed by atoms with E-state index >= 15 is 0 Å². The summed E-state index contributed by atoms with van der Waals surface area (Å²) in [6.45, 7) is 6.93. The SMILES string of the molecule is C=C(c1ccc(Cl)c(Cc2nc3c(C)c(C(F)(F)F)ccc3n2C)c1Cl)N1CCC(C(=O)OC)CC1. The number of hydrogen-bond donors (Lipinski definition) is 0. The summed E-state index contributed by atoms with van der Waals surface area (Å²) in [5.41, 5.74) is 2.31. The topological polar surface area (TPSA) is 47.4 Å². The highest BCUT2D eigenvalue weighted by Gasteiger charge is 2.34. The number of aryl methyl sites for hydroxylation is 2. The van der Waals surface area contributed by atoms with E-state index in [0.717, 1.165) is 11.8 Å². The molecule has 1 fully saturated rings. The molecule has 0 amide bonds. The molecule has 0 N–H and O–H groups in total. The van der Waals surface area contributed by atoms with Gasteiger partial charge in [-0.15, -0.1) is 0 Å². The second-order valence-corrected chi connectivity index (χ2v) is 9.77. The third-order valence-electron chi connectivity index (χ3n) is 6.95. The zero-order valence-corrected chi connectivity index (χ0v) is 21.7. The first kappa shape index (κ1) is 26.4. The van der Waals surface area contributed by atoms with Gasteiger partial charge in [0.05, 0.1) is 34.6 Å². The van der Waals surface area contributed by atoms with E-state index in [1.807, 2.05) is 0 Å². The number of rotatable bonds is 5. The van der Waals surface area contributed by atoms with Gasteiger partial charge < -0.3 is 14.2 Å². The molecule has 0 aliphatic carbocycles. The van der Waals surface area contributed by atoms with Gasteiger partial charge in [0.25, 0.3) is 0 Å². The number of alkyl halides is 3. The molecule has 0 unspecified atom stereocenters. The summed E-state index contributed by atoms with van der Waals surface area (Å²) in [5, 5.41) is 0.850. The number of ether oxygens (including phenoxy) is 1. The average Bonchev–Trinajstić information content (AvgIpc) is 3.16. The molecular weight excluding hydrogens is 514 g/mol. The first-order chi connectivity index (χ1) is 16.9. The normalized spacial score (nSPS) is 14.9. The number of piperidine rings is 1. The Morgan fingerprint density at radius 3 is 2.47 bits per heavy atom. The van der Waals surface area contributed by atoms with Crippen LogP contribution in [-0.2, 0) is 29.2 Å². The number of fused-ring (bicyclic) bond motifs is 1. The van der Waals surface area contributed by atoms with Gasteiger partial charge in [-0.2, -0.15) is 13.2 Å². The van der Waals surface area contributed by atoms with Crippen molar-refractivity contribution in [2.24, 2.45) is 13.0 Å². The molecule has 0 bridgehead atoms. The Morgan fingerprint density at radius 1 is 1.19 bits per heavy atom. The van der Waals surface area contributed by atoms with Gasteiger partial charge in [0.1, 0.15) is 5.82 Å². The van der Waals surface area contributed by atoms with Gasteiger partial charge in [0, 0.05) is 42.8 Å². The van der Waals surface area contributed by atoms with Crippen molar-refractivity contribution in [2.75, 3.05) is 20.2 Å². The Bertz CT molecular complexity index is 1340. The molecule has 192 valence electrons.